The van der Waals surface area contributed by atoms with Crippen LogP contribution in [-0.2, 0) is 19.6 Å². The molecule has 3 aromatic rings. The number of aromatic nitrogens is 1. The van der Waals surface area contributed by atoms with Gasteiger partial charge in [-0.05, 0) is 65.9 Å². The molecule has 2 aliphatic heterocycles. The van der Waals surface area contributed by atoms with Crippen LogP contribution in [-0.4, -0.2) is 81.0 Å². The van der Waals surface area contributed by atoms with Crippen molar-refractivity contribution in [3.8, 4) is 0 Å². The van der Waals surface area contributed by atoms with E-state index in [0.29, 0.717) is 17.5 Å². The van der Waals surface area contributed by atoms with Crippen LogP contribution in [0.25, 0.3) is 10.8 Å². The van der Waals surface area contributed by atoms with Crippen molar-refractivity contribution in [3.05, 3.63) is 65.9 Å². The fraction of sp³-hybridized carbons (Fsp3) is 0.407. The van der Waals surface area contributed by atoms with Gasteiger partial charge in [0.25, 0.3) is 0 Å². The zero-order chi connectivity index (χ0) is 26.0. The lowest BCUT2D eigenvalue weighted by Crippen LogP contribution is -2.60. The third-order valence-electron chi connectivity index (χ3n) is 7.35. The van der Waals surface area contributed by atoms with Crippen LogP contribution < -0.4 is 4.90 Å². The molecule has 0 N–H and O–H groups in total. The normalized spacial score (nSPS) is 20.1. The molecule has 0 saturated carbocycles. The summed E-state index contributed by atoms with van der Waals surface area (Å²) in [5.41, 5.74) is 1.16. The van der Waals surface area contributed by atoms with Gasteiger partial charge in [-0.1, -0.05) is 23.7 Å². The van der Waals surface area contributed by atoms with Crippen molar-refractivity contribution in [1.82, 2.24) is 14.2 Å². The number of ether oxygens (including phenoxy) is 1. The standard InChI is InChI=1S/C27H31ClN4O4S/c1-36-19-25-17-31(37(34,35)26-5-3-21-14-23(28)4-2-22(21)15-26)18-27(33)32(25)16-20-8-12-30(13-9-20)24-6-10-29-11-7-24/h2-7,10-11,14-15,20,25H,8-9,12-13,16-19H2,1H3/t25-/m1/s1. The topological polar surface area (TPSA) is 83.0 Å². The second-order valence-electron chi connectivity index (χ2n) is 9.74. The molecule has 196 valence electrons. The van der Waals surface area contributed by atoms with Crippen molar-refractivity contribution < 1.29 is 17.9 Å². The van der Waals surface area contributed by atoms with E-state index in [1.165, 1.54) is 4.31 Å². The minimum atomic E-state index is -3.86. The summed E-state index contributed by atoms with van der Waals surface area (Å²) in [5.74, 6) is 0.179. The number of hydrogen-bond acceptors (Lipinski definition) is 6. The third kappa shape index (κ3) is 5.60. The second-order valence-corrected chi connectivity index (χ2v) is 12.1. The number of nitrogens with zero attached hydrogens (tertiary/aromatic N) is 4. The number of rotatable bonds is 7. The molecule has 0 radical (unpaired) electrons. The highest BCUT2D eigenvalue weighted by Crippen LogP contribution is 2.28. The van der Waals surface area contributed by atoms with E-state index in [-0.39, 0.29) is 36.5 Å². The minimum Gasteiger partial charge on any atom is -0.382 e. The molecule has 1 amide bonds. The average molecular weight is 543 g/mol. The highest BCUT2D eigenvalue weighted by Gasteiger charge is 2.39. The van der Waals surface area contributed by atoms with Crippen molar-refractivity contribution in [2.24, 2.45) is 5.92 Å². The van der Waals surface area contributed by atoms with E-state index in [9.17, 15) is 13.2 Å². The molecule has 5 rings (SSSR count). The maximum atomic E-state index is 13.5. The quantitative estimate of drug-likeness (QED) is 0.453. The van der Waals surface area contributed by atoms with E-state index in [1.54, 1.807) is 55.9 Å². The van der Waals surface area contributed by atoms with E-state index >= 15 is 0 Å². The number of methoxy groups -OCH3 is 1. The summed E-state index contributed by atoms with van der Waals surface area (Å²) >= 11 is 6.07. The predicted molar refractivity (Wildman–Crippen MR) is 144 cm³/mol. The smallest absolute Gasteiger partial charge is 0.243 e. The van der Waals surface area contributed by atoms with Crippen LogP contribution >= 0.6 is 11.6 Å². The molecule has 2 aromatic carbocycles. The Morgan fingerprint density at radius 3 is 2.46 bits per heavy atom. The number of fused-ring (bicyclic) bond motifs is 1. The Kier molecular flexibility index (Phi) is 7.67. The first-order valence-corrected chi connectivity index (χ1v) is 14.3. The molecular formula is C27H31ClN4O4S. The Balaban J connectivity index is 1.28. The summed E-state index contributed by atoms with van der Waals surface area (Å²) < 4.78 is 33.8. The average Bonchev–Trinajstić information content (AvgIpc) is 2.91. The number of halogens is 1. The first-order chi connectivity index (χ1) is 17.8. The molecule has 0 bridgehead atoms. The van der Waals surface area contributed by atoms with Crippen molar-refractivity contribution >= 4 is 44.0 Å². The molecular weight excluding hydrogens is 512 g/mol. The lowest BCUT2D eigenvalue weighted by Gasteiger charge is -2.43. The fourth-order valence-electron chi connectivity index (χ4n) is 5.32. The summed E-state index contributed by atoms with van der Waals surface area (Å²) in [6.07, 6.45) is 5.54. The molecule has 3 heterocycles. The van der Waals surface area contributed by atoms with Gasteiger partial charge in [-0.3, -0.25) is 9.78 Å². The minimum absolute atomic E-state index is 0.170. The molecule has 8 nitrogen and oxygen atoms in total. The second kappa shape index (κ2) is 10.9. The van der Waals surface area contributed by atoms with Crippen LogP contribution in [0.1, 0.15) is 12.8 Å². The monoisotopic (exact) mass is 542 g/mol. The molecule has 10 heteroatoms. The summed E-state index contributed by atoms with van der Waals surface area (Å²) in [4.78, 5) is 21.8. The lowest BCUT2D eigenvalue weighted by molar-refractivity contribution is -0.140. The predicted octanol–water partition coefficient (Wildman–Crippen LogP) is 3.65. The zero-order valence-corrected chi connectivity index (χ0v) is 22.4. The van der Waals surface area contributed by atoms with Gasteiger partial charge in [0.15, 0.2) is 0 Å². The first kappa shape index (κ1) is 25.9. The maximum Gasteiger partial charge on any atom is 0.243 e. The summed E-state index contributed by atoms with van der Waals surface area (Å²) in [5, 5.41) is 2.23. The van der Waals surface area contributed by atoms with Gasteiger partial charge in [-0.25, -0.2) is 8.42 Å². The molecule has 2 fully saturated rings. The van der Waals surface area contributed by atoms with Crippen LogP contribution in [0.15, 0.2) is 65.8 Å². The number of piperidine rings is 1. The van der Waals surface area contributed by atoms with Gasteiger partial charge < -0.3 is 14.5 Å². The molecule has 0 aliphatic carbocycles. The van der Waals surface area contributed by atoms with Crippen LogP contribution in [0.5, 0.6) is 0 Å². The van der Waals surface area contributed by atoms with Gasteiger partial charge in [-0.2, -0.15) is 4.31 Å². The number of benzene rings is 2. The Morgan fingerprint density at radius 2 is 1.73 bits per heavy atom. The van der Waals surface area contributed by atoms with Crippen LogP contribution in [0.4, 0.5) is 5.69 Å². The van der Waals surface area contributed by atoms with E-state index in [0.717, 1.165) is 42.4 Å². The lowest BCUT2D eigenvalue weighted by atomic mass is 9.95. The van der Waals surface area contributed by atoms with Crippen molar-refractivity contribution in [3.63, 3.8) is 0 Å². The molecule has 2 saturated heterocycles. The molecule has 1 aromatic heterocycles. The summed E-state index contributed by atoms with van der Waals surface area (Å²) in [6, 6.07) is 14.0. The summed E-state index contributed by atoms with van der Waals surface area (Å²) in [7, 11) is -2.28. The van der Waals surface area contributed by atoms with E-state index < -0.39 is 10.0 Å². The largest absolute Gasteiger partial charge is 0.382 e. The fourth-order valence-corrected chi connectivity index (χ4v) is 6.97. The first-order valence-electron chi connectivity index (χ1n) is 12.5. The van der Waals surface area contributed by atoms with Crippen molar-refractivity contribution in [1.29, 1.82) is 0 Å². The highest BCUT2D eigenvalue weighted by molar-refractivity contribution is 7.89. The van der Waals surface area contributed by atoms with E-state index in [1.807, 2.05) is 17.0 Å². The molecule has 0 unspecified atom stereocenters. The maximum absolute atomic E-state index is 13.5. The number of piperazine rings is 1. The van der Waals surface area contributed by atoms with E-state index in [4.69, 9.17) is 16.3 Å². The van der Waals surface area contributed by atoms with Gasteiger partial charge in [0.2, 0.25) is 15.9 Å². The molecule has 37 heavy (non-hydrogen) atoms. The number of pyridine rings is 1. The SMILES string of the molecule is COC[C@H]1CN(S(=O)(=O)c2ccc3cc(Cl)ccc3c2)CC(=O)N1CC1CCN(c2ccncc2)CC1. The van der Waals surface area contributed by atoms with Gasteiger partial charge >= 0.3 is 0 Å². The number of amides is 1. The van der Waals surface area contributed by atoms with Gasteiger partial charge in [0, 0.05) is 56.4 Å². The van der Waals surface area contributed by atoms with Crippen LogP contribution in [0.3, 0.4) is 0 Å². The van der Waals surface area contributed by atoms with Crippen LogP contribution in [0, 0.1) is 5.92 Å². The Bertz CT molecular complexity index is 1360. The number of hydrogen-bond donors (Lipinski definition) is 0. The number of carbonyl (C=O) groups is 1. The third-order valence-corrected chi connectivity index (χ3v) is 9.40. The highest BCUT2D eigenvalue weighted by atomic mass is 35.5. The zero-order valence-electron chi connectivity index (χ0n) is 20.8. The Labute approximate surface area is 222 Å². The number of sulfonamides is 1. The van der Waals surface area contributed by atoms with Gasteiger partial charge in [-0.15, -0.1) is 0 Å². The molecule has 0 spiro atoms. The van der Waals surface area contributed by atoms with Crippen LogP contribution in [0.2, 0.25) is 5.02 Å². The summed E-state index contributed by atoms with van der Waals surface area (Å²) in [6.45, 7) is 2.76. The molecule has 1 atom stereocenters. The number of anilines is 1. The Morgan fingerprint density at radius 1 is 1.03 bits per heavy atom. The van der Waals surface area contributed by atoms with Gasteiger partial charge in [0.1, 0.15) is 0 Å². The van der Waals surface area contributed by atoms with Crippen molar-refractivity contribution in [2.75, 3.05) is 51.3 Å². The Hall–Kier alpha value is -2.72. The number of carbonyl (C=O) groups excluding carboxylic acids is 1. The van der Waals surface area contributed by atoms with Gasteiger partial charge in [0.05, 0.1) is 24.1 Å². The molecule has 2 aliphatic rings. The van der Waals surface area contributed by atoms with E-state index in [2.05, 4.69) is 9.88 Å². The van der Waals surface area contributed by atoms with Crippen molar-refractivity contribution in [2.45, 2.75) is 23.8 Å².